The lowest BCUT2D eigenvalue weighted by atomic mass is 10.0. The van der Waals surface area contributed by atoms with Gasteiger partial charge in [0, 0.05) is 34.6 Å². The van der Waals surface area contributed by atoms with Crippen LogP contribution in [0.1, 0.15) is 25.3 Å². The molecule has 138 valence electrons. The molecule has 0 saturated heterocycles. The van der Waals surface area contributed by atoms with Crippen molar-refractivity contribution >= 4 is 22.6 Å². The molecule has 0 aromatic heterocycles. The molecule has 0 atom stereocenters. The van der Waals surface area contributed by atoms with E-state index in [-0.39, 0.29) is 0 Å². The summed E-state index contributed by atoms with van der Waals surface area (Å²) in [5, 5.41) is 6.53. The van der Waals surface area contributed by atoms with Crippen LogP contribution in [0.15, 0.2) is 42.6 Å². The Morgan fingerprint density at radius 3 is 2.42 bits per heavy atom. The number of quaternary nitrogens is 1. The molecule has 2 N–H and O–H groups in total. The molecule has 0 bridgehead atoms. The Kier molecular flexibility index (Phi) is 5.39. The molecule has 1 heterocycles. The highest BCUT2D eigenvalue weighted by molar-refractivity contribution is 5.84. The van der Waals surface area contributed by atoms with Gasteiger partial charge in [0.1, 0.15) is 11.9 Å². The van der Waals surface area contributed by atoms with Gasteiger partial charge >= 0.3 is 0 Å². The first kappa shape index (κ1) is 18.5. The second-order valence-electron chi connectivity index (χ2n) is 7.14. The Balaban J connectivity index is 1.78. The van der Waals surface area contributed by atoms with Crippen molar-refractivity contribution in [1.82, 2.24) is 9.80 Å². The molecule has 1 aliphatic rings. The zero-order chi connectivity index (χ0) is 18.7. The van der Waals surface area contributed by atoms with E-state index >= 15 is 0 Å². The molecular formula is C21H26F2N3+. The quantitative estimate of drug-likeness (QED) is 0.536. The summed E-state index contributed by atoms with van der Waals surface area (Å²) in [5.74, 6) is -1.69. The Hall–Kier alpha value is -2.24. The van der Waals surface area contributed by atoms with Crippen LogP contribution in [0.4, 0.5) is 25.8 Å². The van der Waals surface area contributed by atoms with Gasteiger partial charge in [0.15, 0.2) is 11.6 Å². The van der Waals surface area contributed by atoms with Gasteiger partial charge in [-0.05, 0) is 50.2 Å². The summed E-state index contributed by atoms with van der Waals surface area (Å²) >= 11 is 0. The van der Waals surface area contributed by atoms with Crippen LogP contribution in [-0.2, 0) is 0 Å². The second-order valence-corrected chi connectivity index (χ2v) is 7.14. The lowest BCUT2D eigenvalue weighted by Gasteiger charge is -2.22. The minimum absolute atomic E-state index is 0.533. The van der Waals surface area contributed by atoms with Gasteiger partial charge in [0.25, 0.3) is 0 Å². The maximum Gasteiger partial charge on any atom is 0.160 e. The zero-order valence-electron chi connectivity index (χ0n) is 15.6. The molecule has 3 rings (SSSR count). The van der Waals surface area contributed by atoms with Gasteiger partial charge in [-0.2, -0.15) is 0 Å². The van der Waals surface area contributed by atoms with E-state index in [1.165, 1.54) is 29.0 Å². The number of fused-ring (bicyclic) bond motifs is 1. The van der Waals surface area contributed by atoms with E-state index < -0.39 is 11.6 Å². The van der Waals surface area contributed by atoms with Gasteiger partial charge in [-0.1, -0.05) is 6.92 Å². The van der Waals surface area contributed by atoms with Gasteiger partial charge in [-0.25, -0.2) is 8.78 Å². The molecule has 0 radical (unpaired) electrons. The van der Waals surface area contributed by atoms with Crippen molar-refractivity contribution in [3.8, 4) is 0 Å². The first-order chi connectivity index (χ1) is 12.4. The third kappa shape index (κ3) is 3.94. The summed E-state index contributed by atoms with van der Waals surface area (Å²) < 4.78 is 27.2. The standard InChI is InChI=1S/C21H26F2N3/c1-4-24-11-5-6-15-14-26(2,3)21-13-17(7-9-18(15)21)25-16-8-10-19(22)20(23)12-16/h7-10,12-14,24-25H,4-6,11H2,1-3H3/q+1. The molecule has 0 spiro atoms. The Bertz CT molecular complexity index is 828. The topological polar surface area (TPSA) is 24.1 Å². The number of halogens is 2. The third-order valence-electron chi connectivity index (χ3n) is 4.70. The summed E-state index contributed by atoms with van der Waals surface area (Å²) in [7, 11) is 4.30. The Labute approximate surface area is 153 Å². The van der Waals surface area contributed by atoms with Crippen LogP contribution in [0, 0.1) is 11.6 Å². The van der Waals surface area contributed by atoms with E-state index in [0.717, 1.165) is 37.7 Å². The van der Waals surface area contributed by atoms with Crippen molar-refractivity contribution in [2.24, 2.45) is 0 Å². The van der Waals surface area contributed by atoms with Crippen molar-refractivity contribution < 1.29 is 8.78 Å². The molecule has 1 aliphatic heterocycles. The van der Waals surface area contributed by atoms with E-state index in [9.17, 15) is 8.78 Å². The number of benzene rings is 2. The fourth-order valence-corrected chi connectivity index (χ4v) is 3.41. The van der Waals surface area contributed by atoms with E-state index in [4.69, 9.17) is 0 Å². The smallest absolute Gasteiger partial charge is 0.160 e. The molecule has 0 saturated carbocycles. The van der Waals surface area contributed by atoms with Crippen LogP contribution in [0.5, 0.6) is 0 Å². The lowest BCUT2D eigenvalue weighted by Crippen LogP contribution is -2.31. The van der Waals surface area contributed by atoms with Gasteiger partial charge in [-0.15, -0.1) is 0 Å². The van der Waals surface area contributed by atoms with Crippen molar-refractivity contribution in [3.05, 3.63) is 59.8 Å². The number of nitrogens with zero attached hydrogens (tertiary/aromatic N) is 1. The highest BCUT2D eigenvalue weighted by atomic mass is 19.2. The largest absolute Gasteiger partial charge is 0.355 e. The van der Waals surface area contributed by atoms with E-state index in [2.05, 4.69) is 50.0 Å². The molecular weight excluding hydrogens is 332 g/mol. The van der Waals surface area contributed by atoms with Crippen LogP contribution < -0.4 is 15.1 Å². The van der Waals surface area contributed by atoms with Crippen molar-refractivity contribution in [2.75, 3.05) is 32.5 Å². The number of hydrogen-bond donors (Lipinski definition) is 2. The summed E-state index contributed by atoms with van der Waals surface area (Å²) in [4.78, 5) is 0. The second kappa shape index (κ2) is 7.56. The minimum Gasteiger partial charge on any atom is -0.355 e. The average Bonchev–Trinajstić information content (AvgIpc) is 2.85. The number of anilines is 2. The molecule has 0 amide bonds. The van der Waals surface area contributed by atoms with Crippen molar-refractivity contribution in [1.29, 1.82) is 0 Å². The molecule has 0 unspecified atom stereocenters. The maximum atomic E-state index is 13.4. The van der Waals surface area contributed by atoms with Crippen LogP contribution >= 0.6 is 0 Å². The van der Waals surface area contributed by atoms with Crippen LogP contribution in [-0.4, -0.2) is 27.2 Å². The number of rotatable bonds is 7. The van der Waals surface area contributed by atoms with Crippen LogP contribution in [0.3, 0.4) is 0 Å². The summed E-state index contributed by atoms with van der Waals surface area (Å²) in [6, 6.07) is 10.0. The minimum atomic E-state index is -0.850. The molecule has 2 aromatic rings. The highest BCUT2D eigenvalue weighted by Crippen LogP contribution is 2.41. The predicted octanol–water partition coefficient (Wildman–Crippen LogP) is 5.02. The summed E-state index contributed by atoms with van der Waals surface area (Å²) in [6.07, 6.45) is 4.43. The number of nitrogens with one attached hydrogen (secondary N) is 2. The SMILES string of the molecule is CCNCCCC1=C[N+](C)(C)c2cc(Nc3ccc(F)c(F)c3)ccc21. The lowest BCUT2D eigenvalue weighted by molar-refractivity contribution is 0.509. The average molecular weight is 358 g/mol. The number of hydrogen-bond acceptors (Lipinski definition) is 2. The summed E-state index contributed by atoms with van der Waals surface area (Å²) in [6.45, 7) is 4.13. The molecule has 0 aliphatic carbocycles. The molecule has 5 heteroatoms. The first-order valence-electron chi connectivity index (χ1n) is 9.04. The van der Waals surface area contributed by atoms with E-state index in [1.807, 2.05) is 6.07 Å². The predicted molar refractivity (Wildman–Crippen MR) is 105 cm³/mol. The van der Waals surface area contributed by atoms with Crippen LogP contribution in [0.2, 0.25) is 0 Å². The normalized spacial score (nSPS) is 14.9. The monoisotopic (exact) mass is 358 g/mol. The third-order valence-corrected chi connectivity index (χ3v) is 4.70. The number of allylic oxidation sites excluding steroid dienone is 1. The fourth-order valence-electron chi connectivity index (χ4n) is 3.41. The van der Waals surface area contributed by atoms with Crippen LogP contribution in [0.25, 0.3) is 5.57 Å². The fraction of sp³-hybridized carbons (Fsp3) is 0.333. The summed E-state index contributed by atoms with van der Waals surface area (Å²) in [5.41, 5.74) is 5.23. The highest BCUT2D eigenvalue weighted by Gasteiger charge is 2.31. The van der Waals surface area contributed by atoms with Gasteiger partial charge in [0.05, 0.1) is 14.1 Å². The van der Waals surface area contributed by atoms with E-state index in [0.29, 0.717) is 10.2 Å². The Morgan fingerprint density at radius 1 is 0.962 bits per heavy atom. The molecule has 2 aromatic carbocycles. The Morgan fingerprint density at radius 2 is 1.69 bits per heavy atom. The molecule has 0 fully saturated rings. The van der Waals surface area contributed by atoms with Crippen molar-refractivity contribution in [3.63, 3.8) is 0 Å². The molecule has 3 nitrogen and oxygen atoms in total. The maximum absolute atomic E-state index is 13.4. The zero-order valence-corrected chi connectivity index (χ0v) is 15.6. The van der Waals surface area contributed by atoms with Gasteiger partial charge < -0.3 is 10.6 Å². The van der Waals surface area contributed by atoms with E-state index in [1.54, 1.807) is 0 Å². The van der Waals surface area contributed by atoms with Gasteiger partial charge in [-0.3, -0.25) is 4.48 Å². The van der Waals surface area contributed by atoms with Crippen molar-refractivity contribution in [2.45, 2.75) is 19.8 Å². The van der Waals surface area contributed by atoms with Gasteiger partial charge in [0.2, 0.25) is 0 Å². The first-order valence-corrected chi connectivity index (χ1v) is 9.04. The molecule has 26 heavy (non-hydrogen) atoms.